The number of aliphatic hydroxyl groups is 1. The lowest BCUT2D eigenvalue weighted by Crippen LogP contribution is -2.39. The van der Waals surface area contributed by atoms with Crippen LogP contribution in [0, 0.1) is 4.84 Å². The highest BCUT2D eigenvalue weighted by Crippen LogP contribution is 2.32. The molecule has 1 aromatic carbocycles. The fourth-order valence-electron chi connectivity index (χ4n) is 2.83. The first-order valence-corrected chi connectivity index (χ1v) is 8.22. The molecule has 0 saturated carbocycles. The second-order valence-electron chi connectivity index (χ2n) is 5.75. The van der Waals surface area contributed by atoms with Crippen molar-refractivity contribution in [2.45, 2.75) is 25.6 Å². The summed E-state index contributed by atoms with van der Waals surface area (Å²) in [4.78, 5) is 2.41. The molecule has 0 spiro atoms. The molecule has 1 fully saturated rings. The van der Waals surface area contributed by atoms with Crippen LogP contribution in [0.25, 0.3) is 11.5 Å². The summed E-state index contributed by atoms with van der Waals surface area (Å²) in [7, 11) is 3.18. The minimum absolute atomic E-state index is 0.291. The molecule has 1 aliphatic rings. The van der Waals surface area contributed by atoms with Gasteiger partial charge < -0.3 is 19.0 Å². The van der Waals surface area contributed by atoms with Crippen molar-refractivity contribution in [3.63, 3.8) is 0 Å². The van der Waals surface area contributed by atoms with E-state index in [0.717, 1.165) is 19.4 Å². The van der Waals surface area contributed by atoms with Gasteiger partial charge in [-0.25, -0.2) is 4.68 Å². The van der Waals surface area contributed by atoms with E-state index in [1.807, 2.05) is 12.1 Å². The predicted octanol–water partition coefficient (Wildman–Crippen LogP) is 2.30. The first-order chi connectivity index (χ1) is 11.6. The molecule has 0 aliphatic carbocycles. The number of benzene rings is 1. The van der Waals surface area contributed by atoms with Crippen LogP contribution in [-0.2, 0) is 6.67 Å². The number of aliphatic hydroxyl groups excluding tert-OH is 1. The number of ether oxygens (including phenoxy) is 2. The molecule has 2 heterocycles. The minimum Gasteiger partial charge on any atom is -0.497 e. The van der Waals surface area contributed by atoms with E-state index in [1.165, 1.54) is 0 Å². The maximum absolute atomic E-state index is 9.78. The summed E-state index contributed by atoms with van der Waals surface area (Å²) >= 11 is 5.28. The zero-order valence-electron chi connectivity index (χ0n) is 13.8. The van der Waals surface area contributed by atoms with Gasteiger partial charge in [-0.05, 0) is 37.2 Å². The summed E-state index contributed by atoms with van der Waals surface area (Å²) in [5, 5.41) is 14.2. The van der Waals surface area contributed by atoms with E-state index in [4.69, 9.17) is 26.1 Å². The number of β-amino-alcohol motifs (C(OH)–C–C–N with tert-alkyl or cyclic N) is 1. The highest BCUT2D eigenvalue weighted by molar-refractivity contribution is 7.71. The SMILES string of the molecule is COc1ccc(-c2nn(CN3CCC[C@@H](O)C3)c(=S)o2)c(OC)c1. The maximum Gasteiger partial charge on any atom is 0.288 e. The fourth-order valence-corrected chi connectivity index (χ4v) is 3.01. The molecule has 0 unspecified atom stereocenters. The first kappa shape index (κ1) is 16.9. The summed E-state index contributed by atoms with van der Waals surface area (Å²) < 4.78 is 17.9. The van der Waals surface area contributed by atoms with Gasteiger partial charge in [0, 0.05) is 19.2 Å². The van der Waals surface area contributed by atoms with Gasteiger partial charge in [0.25, 0.3) is 10.7 Å². The van der Waals surface area contributed by atoms with Crippen LogP contribution in [0.1, 0.15) is 12.8 Å². The average molecular weight is 351 g/mol. The largest absolute Gasteiger partial charge is 0.497 e. The smallest absolute Gasteiger partial charge is 0.288 e. The Hall–Kier alpha value is -1.90. The van der Waals surface area contributed by atoms with Crippen molar-refractivity contribution in [3.05, 3.63) is 23.0 Å². The molecular formula is C16H21N3O4S. The lowest BCUT2D eigenvalue weighted by Gasteiger charge is -2.29. The molecule has 7 nitrogen and oxygen atoms in total. The number of piperidine rings is 1. The number of aromatic nitrogens is 2. The number of hydrogen-bond donors (Lipinski definition) is 1. The molecule has 2 aromatic rings. The van der Waals surface area contributed by atoms with Crippen LogP contribution in [0.3, 0.4) is 0 Å². The summed E-state index contributed by atoms with van der Waals surface area (Å²) in [5.41, 5.74) is 0.710. The molecule has 24 heavy (non-hydrogen) atoms. The molecule has 130 valence electrons. The Morgan fingerprint density at radius 1 is 1.38 bits per heavy atom. The van der Waals surface area contributed by atoms with Crippen molar-refractivity contribution in [3.8, 4) is 23.0 Å². The van der Waals surface area contributed by atoms with Gasteiger partial charge in [0.15, 0.2) is 0 Å². The van der Waals surface area contributed by atoms with Gasteiger partial charge in [-0.15, -0.1) is 5.10 Å². The lowest BCUT2D eigenvalue weighted by atomic mass is 10.1. The van der Waals surface area contributed by atoms with E-state index < -0.39 is 0 Å². The Balaban J connectivity index is 1.85. The number of likely N-dealkylation sites (tertiary alicyclic amines) is 1. The van der Waals surface area contributed by atoms with Crippen LogP contribution in [0.4, 0.5) is 0 Å². The summed E-state index contributed by atoms with van der Waals surface area (Å²) in [5.74, 6) is 1.69. The van der Waals surface area contributed by atoms with E-state index in [0.29, 0.717) is 41.0 Å². The molecule has 8 heteroatoms. The van der Waals surface area contributed by atoms with Gasteiger partial charge in [-0.3, -0.25) is 4.90 Å². The van der Waals surface area contributed by atoms with Crippen molar-refractivity contribution < 1.29 is 19.0 Å². The predicted molar refractivity (Wildman–Crippen MR) is 90.7 cm³/mol. The van der Waals surface area contributed by atoms with E-state index in [9.17, 15) is 5.11 Å². The van der Waals surface area contributed by atoms with E-state index >= 15 is 0 Å². The maximum atomic E-state index is 9.78. The molecular weight excluding hydrogens is 330 g/mol. The van der Waals surface area contributed by atoms with Gasteiger partial charge in [0.1, 0.15) is 11.5 Å². The first-order valence-electron chi connectivity index (χ1n) is 7.81. The topological polar surface area (TPSA) is 72.9 Å². The molecule has 1 saturated heterocycles. The third kappa shape index (κ3) is 3.61. The summed E-state index contributed by atoms with van der Waals surface area (Å²) in [6.45, 7) is 2.03. The third-order valence-corrected chi connectivity index (χ3v) is 4.35. The third-order valence-electron chi connectivity index (χ3n) is 4.06. The molecule has 3 rings (SSSR count). The molecule has 1 N–H and O–H groups in total. The number of methoxy groups -OCH3 is 2. The Bertz CT molecular complexity index is 758. The van der Waals surface area contributed by atoms with Gasteiger partial charge in [-0.2, -0.15) is 0 Å². The standard InChI is InChI=1S/C16H21N3O4S/c1-21-12-5-6-13(14(8-12)22-2)15-17-19(16(24)23-15)10-18-7-3-4-11(20)9-18/h5-6,8,11,20H,3-4,7,9-10H2,1-2H3/t11-/m1/s1. The number of rotatable bonds is 5. The monoisotopic (exact) mass is 351 g/mol. The second kappa shape index (κ2) is 7.33. The zero-order chi connectivity index (χ0) is 17.1. The van der Waals surface area contributed by atoms with Crippen molar-refractivity contribution in [2.24, 2.45) is 0 Å². The normalized spacial score (nSPS) is 18.5. The molecule has 0 amide bonds. The lowest BCUT2D eigenvalue weighted by molar-refractivity contribution is 0.0509. The molecule has 1 aliphatic heterocycles. The van der Waals surface area contributed by atoms with Crippen LogP contribution in [0.15, 0.2) is 22.6 Å². The Morgan fingerprint density at radius 2 is 2.21 bits per heavy atom. The van der Waals surface area contributed by atoms with E-state index in [1.54, 1.807) is 25.0 Å². The second-order valence-corrected chi connectivity index (χ2v) is 6.10. The van der Waals surface area contributed by atoms with Crippen molar-refractivity contribution in [2.75, 3.05) is 27.3 Å². The van der Waals surface area contributed by atoms with Crippen LogP contribution < -0.4 is 9.47 Å². The van der Waals surface area contributed by atoms with Crippen molar-refractivity contribution in [1.29, 1.82) is 0 Å². The molecule has 1 aromatic heterocycles. The average Bonchev–Trinajstić information content (AvgIpc) is 2.94. The van der Waals surface area contributed by atoms with Gasteiger partial charge in [0.2, 0.25) is 0 Å². The highest BCUT2D eigenvalue weighted by Gasteiger charge is 2.20. The minimum atomic E-state index is -0.291. The van der Waals surface area contributed by atoms with E-state index in [-0.39, 0.29) is 6.10 Å². The van der Waals surface area contributed by atoms with Gasteiger partial charge in [-0.1, -0.05) is 0 Å². The molecule has 0 radical (unpaired) electrons. The molecule has 0 bridgehead atoms. The van der Waals surface area contributed by atoms with Gasteiger partial charge in [0.05, 0.1) is 32.6 Å². The van der Waals surface area contributed by atoms with Crippen LogP contribution in [0.2, 0.25) is 0 Å². The Morgan fingerprint density at radius 3 is 2.92 bits per heavy atom. The van der Waals surface area contributed by atoms with E-state index in [2.05, 4.69) is 10.00 Å². The molecule has 1 atom stereocenters. The van der Waals surface area contributed by atoms with Crippen molar-refractivity contribution >= 4 is 12.2 Å². The fraction of sp³-hybridized carbons (Fsp3) is 0.500. The van der Waals surface area contributed by atoms with Crippen LogP contribution in [-0.4, -0.2) is 53.2 Å². The van der Waals surface area contributed by atoms with Crippen LogP contribution in [0.5, 0.6) is 11.5 Å². The highest BCUT2D eigenvalue weighted by atomic mass is 32.1. The number of hydrogen-bond acceptors (Lipinski definition) is 7. The summed E-state index contributed by atoms with van der Waals surface area (Å²) in [6.07, 6.45) is 1.52. The number of nitrogens with zero attached hydrogens (tertiary/aromatic N) is 3. The van der Waals surface area contributed by atoms with Crippen LogP contribution >= 0.6 is 12.2 Å². The quantitative estimate of drug-likeness (QED) is 0.829. The Kier molecular flexibility index (Phi) is 5.17. The van der Waals surface area contributed by atoms with Gasteiger partial charge >= 0.3 is 0 Å². The Labute approximate surface area is 145 Å². The zero-order valence-corrected chi connectivity index (χ0v) is 14.6. The summed E-state index contributed by atoms with van der Waals surface area (Å²) in [6, 6.07) is 5.41. The van der Waals surface area contributed by atoms with Crippen molar-refractivity contribution in [1.82, 2.24) is 14.7 Å².